The van der Waals surface area contributed by atoms with E-state index >= 15 is 0 Å². The van der Waals surface area contributed by atoms with Crippen molar-refractivity contribution >= 4 is 16.9 Å². The largest absolute Gasteiger partial charge is 0.385 e. The number of carbonyl (C=O) groups excluding carboxylic acids is 1. The minimum Gasteiger partial charge on any atom is -0.385 e. The van der Waals surface area contributed by atoms with Crippen molar-refractivity contribution in [3.63, 3.8) is 0 Å². The maximum atomic E-state index is 14.3. The lowest BCUT2D eigenvalue weighted by molar-refractivity contribution is -0.0893. The number of benzene rings is 2. The van der Waals surface area contributed by atoms with Gasteiger partial charge in [0.2, 0.25) is 0 Å². The normalized spacial score (nSPS) is 23.8. The Balaban J connectivity index is 1.37. The number of nitrogens with one attached hydrogen (secondary N) is 1. The summed E-state index contributed by atoms with van der Waals surface area (Å²) in [6.07, 6.45) is 7.00. The molecular weight excluding hydrogens is 492 g/mol. The Morgan fingerprint density at radius 3 is 2.77 bits per heavy atom. The third kappa shape index (κ3) is 4.86. The number of rotatable bonds is 7. The van der Waals surface area contributed by atoms with Crippen LogP contribution in [0.2, 0.25) is 0 Å². The minimum absolute atomic E-state index is 0.0577. The van der Waals surface area contributed by atoms with E-state index in [0.29, 0.717) is 31.7 Å². The van der Waals surface area contributed by atoms with E-state index in [9.17, 15) is 9.90 Å². The number of hydrogen-bond acceptors (Lipinski definition) is 6. The molecule has 2 N–H and O–H groups in total. The van der Waals surface area contributed by atoms with E-state index in [1.807, 2.05) is 64.3 Å². The maximum Gasteiger partial charge on any atom is 0.275 e. The third-order valence-corrected chi connectivity index (χ3v) is 8.28. The zero-order valence-corrected chi connectivity index (χ0v) is 22.4. The fraction of sp³-hybridized carbons (Fsp3) is 0.433. The first kappa shape index (κ1) is 25.7. The molecule has 1 aliphatic heterocycles. The number of methoxy groups -OCH3 is 1. The average Bonchev–Trinajstić information content (AvgIpc) is 3.58. The second kappa shape index (κ2) is 10.9. The molecule has 2 aliphatic rings. The number of carbonyl (C=O) groups is 1. The van der Waals surface area contributed by atoms with Crippen molar-refractivity contribution in [3.8, 4) is 11.3 Å². The van der Waals surface area contributed by atoms with Crippen LogP contribution in [-0.2, 0) is 11.3 Å². The Hall–Kier alpha value is -3.53. The summed E-state index contributed by atoms with van der Waals surface area (Å²) in [6, 6.07) is 17.7. The number of imidazole rings is 2. The molecule has 0 unspecified atom stereocenters. The Kier molecular flexibility index (Phi) is 7.20. The van der Waals surface area contributed by atoms with E-state index < -0.39 is 5.60 Å². The molecule has 3 atom stereocenters. The SMILES string of the molecule is COC[C@]1(O)CCCC[C@H]1n1cnc(C(=O)N2CCNC[C@H]2Cn2cnc3ccccc32)c1-c1ccccc1. The molecule has 3 heterocycles. The van der Waals surface area contributed by atoms with E-state index in [4.69, 9.17) is 9.72 Å². The monoisotopic (exact) mass is 528 g/mol. The van der Waals surface area contributed by atoms with Crippen LogP contribution in [-0.4, -0.2) is 80.0 Å². The summed E-state index contributed by atoms with van der Waals surface area (Å²) in [5, 5.41) is 15.1. The molecule has 1 amide bonds. The van der Waals surface area contributed by atoms with Crippen LogP contribution in [0.5, 0.6) is 0 Å². The number of aliphatic hydroxyl groups is 1. The van der Waals surface area contributed by atoms with Gasteiger partial charge in [0.05, 0.1) is 48.1 Å². The number of piperazine rings is 1. The fourth-order valence-electron chi connectivity index (χ4n) is 6.37. The van der Waals surface area contributed by atoms with E-state index in [2.05, 4.69) is 20.9 Å². The number of fused-ring (bicyclic) bond motifs is 1. The summed E-state index contributed by atoms with van der Waals surface area (Å²) in [5.41, 5.74) is 3.08. The minimum atomic E-state index is -1.02. The van der Waals surface area contributed by atoms with E-state index in [0.717, 1.165) is 48.1 Å². The highest BCUT2D eigenvalue weighted by atomic mass is 16.5. The van der Waals surface area contributed by atoms with Gasteiger partial charge in [-0.25, -0.2) is 9.97 Å². The summed E-state index contributed by atoms with van der Waals surface area (Å²) in [5.74, 6) is -0.0883. The van der Waals surface area contributed by atoms with Gasteiger partial charge < -0.3 is 29.2 Å². The number of nitrogens with zero attached hydrogens (tertiary/aromatic N) is 5. The molecule has 204 valence electrons. The van der Waals surface area contributed by atoms with Gasteiger partial charge in [0.25, 0.3) is 5.91 Å². The molecule has 1 saturated heterocycles. The summed E-state index contributed by atoms with van der Waals surface area (Å²) in [7, 11) is 1.62. The van der Waals surface area contributed by atoms with Gasteiger partial charge >= 0.3 is 0 Å². The topological polar surface area (TPSA) is 97.4 Å². The summed E-state index contributed by atoms with van der Waals surface area (Å²) < 4.78 is 9.60. The van der Waals surface area contributed by atoms with Crippen molar-refractivity contribution < 1.29 is 14.6 Å². The summed E-state index contributed by atoms with van der Waals surface area (Å²) >= 11 is 0. The van der Waals surface area contributed by atoms with Gasteiger partial charge in [-0.3, -0.25) is 4.79 Å². The molecule has 2 aromatic heterocycles. The lowest BCUT2D eigenvalue weighted by atomic mass is 9.80. The highest BCUT2D eigenvalue weighted by Gasteiger charge is 2.42. The Morgan fingerprint density at radius 1 is 1.10 bits per heavy atom. The molecule has 1 aliphatic carbocycles. The van der Waals surface area contributed by atoms with Crippen molar-refractivity contribution in [1.82, 2.24) is 29.3 Å². The first-order valence-corrected chi connectivity index (χ1v) is 13.8. The van der Waals surface area contributed by atoms with Crippen molar-refractivity contribution in [2.45, 2.75) is 49.9 Å². The second-order valence-electron chi connectivity index (χ2n) is 10.8. The van der Waals surface area contributed by atoms with Crippen molar-refractivity contribution in [2.75, 3.05) is 33.4 Å². The zero-order chi connectivity index (χ0) is 26.8. The molecule has 0 radical (unpaired) electrons. The highest BCUT2D eigenvalue weighted by Crippen LogP contribution is 2.41. The zero-order valence-electron chi connectivity index (χ0n) is 22.4. The lowest BCUT2D eigenvalue weighted by Gasteiger charge is -2.41. The molecule has 6 rings (SSSR count). The van der Waals surface area contributed by atoms with Crippen LogP contribution in [0.3, 0.4) is 0 Å². The van der Waals surface area contributed by atoms with E-state index in [-0.39, 0.29) is 24.6 Å². The predicted molar refractivity (Wildman–Crippen MR) is 149 cm³/mol. The Morgan fingerprint density at radius 2 is 1.92 bits per heavy atom. The lowest BCUT2D eigenvalue weighted by Crippen LogP contribution is -2.55. The maximum absolute atomic E-state index is 14.3. The van der Waals surface area contributed by atoms with Crippen LogP contribution in [0.25, 0.3) is 22.3 Å². The van der Waals surface area contributed by atoms with E-state index in [1.54, 1.807) is 13.4 Å². The molecule has 4 aromatic rings. The molecular formula is C30H36N6O3. The van der Waals surface area contributed by atoms with Crippen LogP contribution < -0.4 is 5.32 Å². The number of ether oxygens (including phenoxy) is 1. The molecule has 9 nitrogen and oxygen atoms in total. The van der Waals surface area contributed by atoms with Gasteiger partial charge in [-0.05, 0) is 25.0 Å². The molecule has 1 saturated carbocycles. The van der Waals surface area contributed by atoms with Crippen LogP contribution in [0.4, 0.5) is 0 Å². The molecule has 0 bridgehead atoms. The van der Waals surface area contributed by atoms with Gasteiger partial charge in [0.1, 0.15) is 5.60 Å². The van der Waals surface area contributed by atoms with Crippen LogP contribution in [0.1, 0.15) is 42.2 Å². The first-order chi connectivity index (χ1) is 19.1. The quantitative estimate of drug-likeness (QED) is 0.381. The number of para-hydroxylation sites is 2. The van der Waals surface area contributed by atoms with Gasteiger partial charge in [-0.15, -0.1) is 0 Å². The number of aromatic nitrogens is 4. The molecule has 0 spiro atoms. The van der Waals surface area contributed by atoms with Gasteiger partial charge in [0, 0.05) is 38.9 Å². The summed E-state index contributed by atoms with van der Waals surface area (Å²) in [4.78, 5) is 25.5. The van der Waals surface area contributed by atoms with Crippen LogP contribution in [0, 0.1) is 0 Å². The second-order valence-corrected chi connectivity index (χ2v) is 10.8. The highest BCUT2D eigenvalue weighted by molar-refractivity contribution is 5.98. The predicted octanol–water partition coefficient (Wildman–Crippen LogP) is 3.51. The first-order valence-electron chi connectivity index (χ1n) is 13.8. The van der Waals surface area contributed by atoms with Crippen LogP contribution in [0.15, 0.2) is 67.3 Å². The molecule has 39 heavy (non-hydrogen) atoms. The van der Waals surface area contributed by atoms with Crippen molar-refractivity contribution in [3.05, 3.63) is 72.9 Å². The van der Waals surface area contributed by atoms with E-state index in [1.165, 1.54) is 0 Å². The Labute approximate surface area is 228 Å². The van der Waals surface area contributed by atoms with Gasteiger partial charge in [-0.1, -0.05) is 55.3 Å². The molecule has 9 heteroatoms. The van der Waals surface area contributed by atoms with Crippen molar-refractivity contribution in [2.24, 2.45) is 0 Å². The fourth-order valence-corrected chi connectivity index (χ4v) is 6.37. The van der Waals surface area contributed by atoms with Crippen LogP contribution >= 0.6 is 0 Å². The average molecular weight is 529 g/mol. The standard InChI is InChI=1S/C30H36N6O3/c1-39-19-30(38)14-8-7-13-26(30)36-21-33-27(28(36)22-9-3-2-4-10-22)29(37)35-16-15-31-17-23(35)18-34-20-32-24-11-5-6-12-25(24)34/h2-6,9-12,20-21,23,26,31,38H,7-8,13-19H2,1H3/t23-,26+,30+/m0/s1. The number of amides is 1. The van der Waals surface area contributed by atoms with Gasteiger partial charge in [0.15, 0.2) is 5.69 Å². The molecule has 2 aromatic carbocycles. The van der Waals surface area contributed by atoms with Crippen molar-refractivity contribution in [1.29, 1.82) is 0 Å². The third-order valence-electron chi connectivity index (χ3n) is 8.28. The smallest absolute Gasteiger partial charge is 0.275 e. The van der Waals surface area contributed by atoms with Gasteiger partial charge in [-0.2, -0.15) is 0 Å². The summed E-state index contributed by atoms with van der Waals surface area (Å²) in [6.45, 7) is 2.89. The Bertz CT molecular complexity index is 1430. The molecule has 2 fully saturated rings. The number of hydrogen-bond donors (Lipinski definition) is 2.